The molecule has 3 aromatic rings. The lowest BCUT2D eigenvalue weighted by molar-refractivity contribution is 0.0690. The van der Waals surface area contributed by atoms with Gasteiger partial charge in [0.25, 0.3) is 0 Å². The van der Waals surface area contributed by atoms with Gasteiger partial charge >= 0.3 is 0 Å². The van der Waals surface area contributed by atoms with Gasteiger partial charge in [0.15, 0.2) is 0 Å². The average Bonchev–Trinajstić information content (AvgIpc) is 2.97. The van der Waals surface area contributed by atoms with Crippen LogP contribution in [0.4, 0.5) is 0 Å². The highest BCUT2D eigenvalue weighted by molar-refractivity contribution is 5.82. The van der Waals surface area contributed by atoms with Crippen molar-refractivity contribution in [2.24, 2.45) is 0 Å². The monoisotopic (exact) mass is 294 g/mol. The normalized spacial score (nSPS) is 14.4. The topological polar surface area (TPSA) is 39.3 Å². The number of aromatic amines is 1. The highest BCUT2D eigenvalue weighted by Crippen LogP contribution is 2.24. The van der Waals surface area contributed by atoms with Crippen LogP contribution in [0, 0.1) is 0 Å². The maximum Gasteiger partial charge on any atom is 0.0942 e. The quantitative estimate of drug-likeness (QED) is 0.753. The number of aliphatic hydroxyl groups excluding tert-OH is 1. The maximum absolute atomic E-state index is 10.6. The summed E-state index contributed by atoms with van der Waals surface area (Å²) >= 11 is 0. The lowest BCUT2D eigenvalue weighted by atomic mass is 10.0. The van der Waals surface area contributed by atoms with E-state index in [0.29, 0.717) is 0 Å². The molecular formula is C19H22N2O. The summed E-state index contributed by atoms with van der Waals surface area (Å²) in [4.78, 5) is 5.49. The van der Waals surface area contributed by atoms with Crippen molar-refractivity contribution in [2.75, 3.05) is 7.05 Å². The van der Waals surface area contributed by atoms with Crippen molar-refractivity contribution in [1.29, 1.82) is 0 Å². The van der Waals surface area contributed by atoms with Crippen molar-refractivity contribution < 1.29 is 5.11 Å². The van der Waals surface area contributed by atoms with Crippen molar-refractivity contribution in [3.63, 3.8) is 0 Å². The van der Waals surface area contributed by atoms with Crippen molar-refractivity contribution >= 4 is 10.9 Å². The molecule has 3 heteroatoms. The van der Waals surface area contributed by atoms with Crippen molar-refractivity contribution in [1.82, 2.24) is 9.88 Å². The summed E-state index contributed by atoms with van der Waals surface area (Å²) in [6, 6.07) is 18.2. The van der Waals surface area contributed by atoms with Gasteiger partial charge in [-0.2, -0.15) is 0 Å². The predicted molar refractivity (Wildman–Crippen MR) is 90.6 cm³/mol. The molecule has 0 unspecified atom stereocenters. The number of para-hydroxylation sites is 1. The number of nitrogens with one attached hydrogen (secondary N) is 1. The van der Waals surface area contributed by atoms with Gasteiger partial charge in [0.05, 0.1) is 6.10 Å². The highest BCUT2D eigenvalue weighted by Gasteiger charge is 2.21. The van der Waals surface area contributed by atoms with Gasteiger partial charge in [-0.3, -0.25) is 4.90 Å². The third-order valence-corrected chi connectivity index (χ3v) is 4.39. The number of rotatable bonds is 5. The van der Waals surface area contributed by atoms with Gasteiger partial charge in [-0.25, -0.2) is 0 Å². The molecule has 0 aliphatic carbocycles. The summed E-state index contributed by atoms with van der Waals surface area (Å²) in [7, 11) is 2.05. The summed E-state index contributed by atoms with van der Waals surface area (Å²) in [6.07, 6.45) is 1.57. The minimum absolute atomic E-state index is 0.0380. The van der Waals surface area contributed by atoms with Crippen LogP contribution in [0.2, 0.25) is 0 Å². The van der Waals surface area contributed by atoms with Gasteiger partial charge in [-0.15, -0.1) is 0 Å². The zero-order valence-corrected chi connectivity index (χ0v) is 13.0. The first kappa shape index (κ1) is 14.8. The number of nitrogens with zero attached hydrogens (tertiary/aromatic N) is 1. The SMILES string of the molecule is C[C@H]([C@@H](O)c1ccccc1)N(C)Cc1c[nH]c2ccccc12. The molecular weight excluding hydrogens is 272 g/mol. The summed E-state index contributed by atoms with van der Waals surface area (Å²) in [6.45, 7) is 2.86. The van der Waals surface area contributed by atoms with Crippen LogP contribution in [0.3, 0.4) is 0 Å². The van der Waals surface area contributed by atoms with Crippen LogP contribution < -0.4 is 0 Å². The number of likely N-dealkylation sites (N-methyl/N-ethyl adjacent to an activating group) is 1. The first-order chi connectivity index (χ1) is 10.7. The molecule has 2 atom stereocenters. The van der Waals surface area contributed by atoms with Crippen molar-refractivity contribution in [3.05, 3.63) is 71.9 Å². The molecule has 3 rings (SSSR count). The van der Waals surface area contributed by atoms with E-state index in [1.807, 2.05) is 36.4 Å². The van der Waals surface area contributed by atoms with Gasteiger partial charge in [-0.1, -0.05) is 48.5 Å². The van der Waals surface area contributed by atoms with E-state index >= 15 is 0 Å². The highest BCUT2D eigenvalue weighted by atomic mass is 16.3. The molecule has 3 nitrogen and oxygen atoms in total. The predicted octanol–water partition coefficient (Wildman–Crippen LogP) is 3.72. The van der Waals surface area contributed by atoms with Crippen LogP contribution >= 0.6 is 0 Å². The second kappa shape index (κ2) is 6.34. The van der Waals surface area contributed by atoms with Gasteiger partial charge in [0.1, 0.15) is 0 Å². The second-order valence-corrected chi connectivity index (χ2v) is 5.87. The van der Waals surface area contributed by atoms with Crippen LogP contribution in [0.25, 0.3) is 10.9 Å². The maximum atomic E-state index is 10.6. The molecule has 114 valence electrons. The standard InChI is InChI=1S/C19H22N2O/c1-14(19(22)15-8-4-3-5-9-15)21(2)13-16-12-20-18-11-7-6-10-17(16)18/h3-12,14,19-20,22H,13H2,1-2H3/t14-,19-/m1/s1. The summed E-state index contributed by atoms with van der Waals surface area (Å²) in [5, 5.41) is 11.8. The van der Waals surface area contributed by atoms with Crippen LogP contribution in [0.15, 0.2) is 60.8 Å². The third kappa shape index (κ3) is 2.91. The number of hydrogen-bond acceptors (Lipinski definition) is 2. The first-order valence-corrected chi connectivity index (χ1v) is 7.65. The number of aliphatic hydroxyl groups is 1. The lowest BCUT2D eigenvalue weighted by Gasteiger charge is -2.29. The zero-order chi connectivity index (χ0) is 15.5. The van der Waals surface area contributed by atoms with Crippen molar-refractivity contribution in [2.45, 2.75) is 25.6 Å². The second-order valence-electron chi connectivity index (χ2n) is 5.87. The van der Waals surface area contributed by atoms with E-state index < -0.39 is 6.10 Å². The number of H-pyrrole nitrogens is 1. The summed E-state index contributed by atoms with van der Waals surface area (Å²) in [5.41, 5.74) is 3.37. The van der Waals surface area contributed by atoms with E-state index in [1.54, 1.807) is 0 Å². The fraction of sp³-hybridized carbons (Fsp3) is 0.263. The van der Waals surface area contributed by atoms with E-state index in [4.69, 9.17) is 0 Å². The first-order valence-electron chi connectivity index (χ1n) is 7.65. The van der Waals surface area contributed by atoms with Gasteiger partial charge in [0, 0.05) is 29.7 Å². The van der Waals surface area contributed by atoms with Gasteiger partial charge < -0.3 is 10.1 Å². The number of fused-ring (bicyclic) bond motifs is 1. The molecule has 1 heterocycles. The number of benzene rings is 2. The Kier molecular flexibility index (Phi) is 4.27. The fourth-order valence-electron chi connectivity index (χ4n) is 2.84. The van der Waals surface area contributed by atoms with E-state index in [1.165, 1.54) is 10.9 Å². The fourth-order valence-corrected chi connectivity index (χ4v) is 2.84. The Morgan fingerprint density at radius 1 is 1.05 bits per heavy atom. The van der Waals surface area contributed by atoms with E-state index in [9.17, 15) is 5.11 Å². The lowest BCUT2D eigenvalue weighted by Crippen LogP contribution is -2.33. The minimum atomic E-state index is -0.489. The molecule has 2 N–H and O–H groups in total. The minimum Gasteiger partial charge on any atom is -0.387 e. The van der Waals surface area contributed by atoms with Crippen LogP contribution in [-0.4, -0.2) is 28.1 Å². The molecule has 0 radical (unpaired) electrons. The number of aromatic nitrogens is 1. The molecule has 2 aromatic carbocycles. The molecule has 1 aromatic heterocycles. The zero-order valence-electron chi connectivity index (χ0n) is 13.0. The van der Waals surface area contributed by atoms with Crippen LogP contribution in [0.5, 0.6) is 0 Å². The van der Waals surface area contributed by atoms with Crippen molar-refractivity contribution in [3.8, 4) is 0 Å². The van der Waals surface area contributed by atoms with E-state index in [2.05, 4.69) is 48.3 Å². The molecule has 0 saturated heterocycles. The van der Waals surface area contributed by atoms with Crippen LogP contribution in [-0.2, 0) is 6.54 Å². The smallest absolute Gasteiger partial charge is 0.0942 e. The Balaban J connectivity index is 1.75. The summed E-state index contributed by atoms with van der Waals surface area (Å²) in [5.74, 6) is 0. The summed E-state index contributed by atoms with van der Waals surface area (Å²) < 4.78 is 0. The third-order valence-electron chi connectivity index (χ3n) is 4.39. The Morgan fingerprint density at radius 3 is 2.50 bits per heavy atom. The Morgan fingerprint density at radius 2 is 1.73 bits per heavy atom. The molecule has 0 aliphatic heterocycles. The molecule has 0 fully saturated rings. The van der Waals surface area contributed by atoms with Crippen LogP contribution in [0.1, 0.15) is 24.2 Å². The molecule has 0 spiro atoms. The van der Waals surface area contributed by atoms with Gasteiger partial charge in [-0.05, 0) is 31.2 Å². The molecule has 0 aliphatic rings. The number of hydrogen-bond donors (Lipinski definition) is 2. The molecule has 0 amide bonds. The molecule has 22 heavy (non-hydrogen) atoms. The largest absolute Gasteiger partial charge is 0.387 e. The van der Waals surface area contributed by atoms with E-state index in [0.717, 1.165) is 17.6 Å². The Hall–Kier alpha value is -2.10. The molecule has 0 saturated carbocycles. The average molecular weight is 294 g/mol. The van der Waals surface area contributed by atoms with Gasteiger partial charge in [0.2, 0.25) is 0 Å². The van der Waals surface area contributed by atoms with E-state index in [-0.39, 0.29) is 6.04 Å². The Labute approximate surface area is 131 Å². The Bertz CT molecular complexity index is 735. The molecule has 0 bridgehead atoms.